The van der Waals surface area contributed by atoms with Crippen LogP contribution in [0.2, 0.25) is 0 Å². The lowest BCUT2D eigenvalue weighted by Crippen LogP contribution is -2.42. The van der Waals surface area contributed by atoms with Gasteiger partial charge in [-0.05, 0) is 55.0 Å². The number of carbonyl (C=O) groups excluding carboxylic acids is 1. The molecule has 4 rings (SSSR count). The van der Waals surface area contributed by atoms with Crippen LogP contribution in [0.1, 0.15) is 62.5 Å². The van der Waals surface area contributed by atoms with Crippen LogP contribution in [0.25, 0.3) is 0 Å². The molecule has 2 aromatic rings. The van der Waals surface area contributed by atoms with Crippen molar-refractivity contribution >= 4 is 11.7 Å². The fourth-order valence-electron chi connectivity index (χ4n) is 4.77. The molecule has 1 aromatic heterocycles. The normalized spacial score (nSPS) is 19.0. The van der Waals surface area contributed by atoms with Gasteiger partial charge in [0.05, 0.1) is 5.41 Å². The Hall–Kier alpha value is -2.43. The van der Waals surface area contributed by atoms with E-state index in [-0.39, 0.29) is 11.7 Å². The molecule has 1 saturated heterocycles. The quantitative estimate of drug-likeness (QED) is 0.796. The predicted molar refractivity (Wildman–Crippen MR) is 113 cm³/mol. The summed E-state index contributed by atoms with van der Waals surface area (Å²) in [7, 11) is 0. The topological polar surface area (TPSA) is 45.2 Å². The molecule has 1 aromatic carbocycles. The number of carbonyl (C=O) groups is 1. The van der Waals surface area contributed by atoms with E-state index in [4.69, 9.17) is 0 Å². The Morgan fingerprint density at radius 1 is 1.03 bits per heavy atom. The average molecular weight is 396 g/mol. The van der Waals surface area contributed by atoms with Crippen molar-refractivity contribution in [1.82, 2.24) is 10.3 Å². The number of nitrogens with zero attached hydrogens (tertiary/aromatic N) is 2. The van der Waals surface area contributed by atoms with Crippen LogP contribution in [0.3, 0.4) is 0 Å². The Balaban J connectivity index is 1.41. The van der Waals surface area contributed by atoms with Crippen molar-refractivity contribution in [3.8, 4) is 0 Å². The van der Waals surface area contributed by atoms with Crippen molar-refractivity contribution < 1.29 is 9.18 Å². The van der Waals surface area contributed by atoms with Gasteiger partial charge in [-0.1, -0.05) is 43.9 Å². The maximum atomic E-state index is 13.8. The molecule has 1 N–H and O–H groups in total. The van der Waals surface area contributed by atoms with Crippen LogP contribution < -0.4 is 10.2 Å². The summed E-state index contributed by atoms with van der Waals surface area (Å²) in [5, 5.41) is 3.09. The second kappa shape index (κ2) is 8.93. The number of hydrogen-bond donors (Lipinski definition) is 1. The van der Waals surface area contributed by atoms with Crippen LogP contribution >= 0.6 is 0 Å². The van der Waals surface area contributed by atoms with Gasteiger partial charge in [0.2, 0.25) is 5.91 Å². The summed E-state index contributed by atoms with van der Waals surface area (Å²) < 4.78 is 13.8. The molecular weight excluding hydrogens is 365 g/mol. The molecule has 0 radical (unpaired) electrons. The minimum absolute atomic E-state index is 0.00260. The number of halogens is 1. The van der Waals surface area contributed by atoms with Crippen LogP contribution in [-0.2, 0) is 16.8 Å². The van der Waals surface area contributed by atoms with Gasteiger partial charge >= 0.3 is 0 Å². The van der Waals surface area contributed by atoms with Gasteiger partial charge in [-0.2, -0.15) is 0 Å². The average Bonchev–Trinajstić information content (AvgIpc) is 3.10. The van der Waals surface area contributed by atoms with E-state index in [1.54, 1.807) is 6.07 Å². The minimum Gasteiger partial charge on any atom is -0.357 e. The minimum atomic E-state index is -0.610. The van der Waals surface area contributed by atoms with Crippen molar-refractivity contribution in [2.75, 3.05) is 18.0 Å². The Morgan fingerprint density at radius 3 is 2.45 bits per heavy atom. The van der Waals surface area contributed by atoms with E-state index < -0.39 is 5.41 Å². The molecule has 2 fully saturated rings. The van der Waals surface area contributed by atoms with Crippen molar-refractivity contribution in [3.63, 3.8) is 0 Å². The highest BCUT2D eigenvalue weighted by Gasteiger charge is 2.42. The first-order valence-corrected chi connectivity index (χ1v) is 10.9. The zero-order valence-electron chi connectivity index (χ0n) is 17.0. The third-order valence-electron chi connectivity index (χ3n) is 6.46. The number of amides is 1. The maximum absolute atomic E-state index is 13.8. The SMILES string of the molecule is O=C(NCc1ccc(N2CCCCCC2)nc1)C1(c2cccc(F)c2)CCCC1. The number of hydrogen-bond acceptors (Lipinski definition) is 3. The molecule has 0 unspecified atom stereocenters. The molecule has 154 valence electrons. The van der Waals surface area contributed by atoms with Crippen LogP contribution in [0.5, 0.6) is 0 Å². The van der Waals surface area contributed by atoms with E-state index in [2.05, 4.69) is 27.3 Å². The summed E-state index contributed by atoms with van der Waals surface area (Å²) in [6.45, 7) is 2.58. The largest absolute Gasteiger partial charge is 0.357 e. The standard InChI is InChI=1S/C24H30FN3O/c25-21-9-7-8-20(16-21)24(12-3-4-13-24)23(29)27-18-19-10-11-22(26-17-19)28-14-5-1-2-6-15-28/h7-11,16-17H,1-6,12-15,18H2,(H,27,29). The number of aromatic nitrogens is 1. The zero-order chi connectivity index (χ0) is 20.1. The molecule has 29 heavy (non-hydrogen) atoms. The predicted octanol–water partition coefficient (Wildman–Crippen LogP) is 4.73. The number of rotatable bonds is 5. The molecule has 1 aliphatic heterocycles. The Morgan fingerprint density at radius 2 is 1.79 bits per heavy atom. The van der Waals surface area contributed by atoms with Crippen molar-refractivity contribution in [2.24, 2.45) is 0 Å². The fourth-order valence-corrected chi connectivity index (χ4v) is 4.77. The summed E-state index contributed by atoms with van der Waals surface area (Å²) in [5.41, 5.74) is 1.17. The maximum Gasteiger partial charge on any atom is 0.230 e. The van der Waals surface area contributed by atoms with Crippen molar-refractivity contribution in [1.29, 1.82) is 0 Å². The molecule has 2 heterocycles. The van der Waals surface area contributed by atoms with E-state index >= 15 is 0 Å². The number of anilines is 1. The monoisotopic (exact) mass is 395 g/mol. The second-order valence-electron chi connectivity index (χ2n) is 8.41. The highest BCUT2D eigenvalue weighted by atomic mass is 19.1. The van der Waals surface area contributed by atoms with Gasteiger partial charge in [-0.25, -0.2) is 9.37 Å². The molecule has 5 heteroatoms. The summed E-state index contributed by atoms with van der Waals surface area (Å²) in [4.78, 5) is 20.1. The number of benzene rings is 1. The molecule has 0 spiro atoms. The third kappa shape index (κ3) is 4.44. The van der Waals surface area contributed by atoms with Gasteiger partial charge in [-0.3, -0.25) is 4.79 Å². The number of pyridine rings is 1. The van der Waals surface area contributed by atoms with E-state index in [9.17, 15) is 9.18 Å². The van der Waals surface area contributed by atoms with E-state index in [1.807, 2.05) is 12.3 Å². The smallest absolute Gasteiger partial charge is 0.230 e. The van der Waals surface area contributed by atoms with Gasteiger partial charge in [0.1, 0.15) is 11.6 Å². The highest BCUT2D eigenvalue weighted by Crippen LogP contribution is 2.41. The van der Waals surface area contributed by atoms with Gasteiger partial charge < -0.3 is 10.2 Å². The van der Waals surface area contributed by atoms with Crippen molar-refractivity contribution in [3.05, 3.63) is 59.5 Å². The van der Waals surface area contributed by atoms with Gasteiger partial charge in [0.15, 0.2) is 0 Å². The molecular formula is C24H30FN3O. The van der Waals surface area contributed by atoms with Gasteiger partial charge in [-0.15, -0.1) is 0 Å². The van der Waals surface area contributed by atoms with Crippen LogP contribution in [0.4, 0.5) is 10.2 Å². The zero-order valence-corrected chi connectivity index (χ0v) is 17.0. The Labute approximate surface area is 172 Å². The molecule has 1 saturated carbocycles. The molecule has 2 aliphatic rings. The summed E-state index contributed by atoms with van der Waals surface area (Å²) in [6.07, 6.45) is 10.4. The van der Waals surface area contributed by atoms with Gasteiger partial charge in [0.25, 0.3) is 0 Å². The van der Waals surface area contributed by atoms with Crippen LogP contribution in [0, 0.1) is 5.82 Å². The van der Waals surface area contributed by atoms with E-state index in [1.165, 1.54) is 37.8 Å². The Bertz CT molecular complexity index is 822. The molecule has 0 bridgehead atoms. The first-order valence-electron chi connectivity index (χ1n) is 10.9. The van der Waals surface area contributed by atoms with Crippen LogP contribution in [-0.4, -0.2) is 24.0 Å². The van der Waals surface area contributed by atoms with E-state index in [0.29, 0.717) is 6.54 Å². The first kappa shape index (κ1) is 19.9. The van der Waals surface area contributed by atoms with E-state index in [0.717, 1.165) is 55.7 Å². The van der Waals surface area contributed by atoms with Crippen LogP contribution in [0.15, 0.2) is 42.6 Å². The summed E-state index contributed by atoms with van der Waals surface area (Å²) in [6, 6.07) is 10.6. The molecule has 1 amide bonds. The molecule has 0 atom stereocenters. The fraction of sp³-hybridized carbons (Fsp3) is 0.500. The highest BCUT2D eigenvalue weighted by molar-refractivity contribution is 5.88. The lowest BCUT2D eigenvalue weighted by molar-refractivity contribution is -0.126. The van der Waals surface area contributed by atoms with Gasteiger partial charge in [0, 0.05) is 25.8 Å². The third-order valence-corrected chi connectivity index (χ3v) is 6.46. The number of nitrogens with one attached hydrogen (secondary N) is 1. The Kier molecular flexibility index (Phi) is 6.12. The second-order valence-corrected chi connectivity index (χ2v) is 8.41. The first-order chi connectivity index (χ1) is 14.2. The molecule has 1 aliphatic carbocycles. The lowest BCUT2D eigenvalue weighted by Gasteiger charge is -2.28. The molecule has 4 nitrogen and oxygen atoms in total. The van der Waals surface area contributed by atoms with Crippen molar-refractivity contribution in [2.45, 2.75) is 63.3 Å². The summed E-state index contributed by atoms with van der Waals surface area (Å²) in [5.74, 6) is 0.737. The lowest BCUT2D eigenvalue weighted by atomic mass is 9.78. The summed E-state index contributed by atoms with van der Waals surface area (Å²) >= 11 is 0.